The van der Waals surface area contributed by atoms with Crippen molar-refractivity contribution < 1.29 is 13.2 Å². The van der Waals surface area contributed by atoms with Crippen LogP contribution in [0.25, 0.3) is 0 Å². The molecular weight excluding hydrogens is 308 g/mol. The number of carbonyl (C=O) groups excluding carboxylic acids is 1. The monoisotopic (exact) mass is 324 g/mol. The fourth-order valence-electron chi connectivity index (χ4n) is 2.56. The van der Waals surface area contributed by atoms with Gasteiger partial charge in [0, 0.05) is 5.69 Å². The van der Waals surface area contributed by atoms with Crippen LogP contribution in [0, 0.1) is 6.92 Å². The fraction of sp³-hybridized carbons (Fsp3) is 0.500. The molecule has 2 aromatic rings. The summed E-state index contributed by atoms with van der Waals surface area (Å²) in [5.41, 5.74) is 1.10. The van der Waals surface area contributed by atoms with Crippen LogP contribution in [-0.4, -0.2) is 50.8 Å². The van der Waals surface area contributed by atoms with Crippen LogP contribution < -0.4 is 5.32 Å². The molecular formula is C12H16N6O3S. The second-order valence-electron chi connectivity index (χ2n) is 5.26. The van der Waals surface area contributed by atoms with Gasteiger partial charge in [-0.05, 0) is 13.3 Å². The molecule has 1 aliphatic heterocycles. The molecule has 0 aromatic carbocycles. The zero-order valence-electron chi connectivity index (χ0n) is 12.0. The number of carbonyl (C=O) groups is 1. The lowest BCUT2D eigenvalue weighted by Crippen LogP contribution is -2.24. The Hall–Kier alpha value is -2.23. The Morgan fingerprint density at radius 1 is 1.55 bits per heavy atom. The summed E-state index contributed by atoms with van der Waals surface area (Å²) in [6.07, 6.45) is 3.37. The first-order valence-corrected chi connectivity index (χ1v) is 8.65. The highest BCUT2D eigenvalue weighted by atomic mass is 32.2. The second kappa shape index (κ2) is 5.52. The number of hydrogen-bond donors (Lipinski definition) is 2. The molecule has 2 aromatic heterocycles. The maximum absolute atomic E-state index is 12.2. The zero-order valence-corrected chi connectivity index (χ0v) is 12.8. The molecule has 0 unspecified atom stereocenters. The van der Waals surface area contributed by atoms with E-state index < -0.39 is 9.84 Å². The molecule has 1 saturated heterocycles. The molecule has 0 bridgehead atoms. The summed E-state index contributed by atoms with van der Waals surface area (Å²) in [6.45, 7) is 2.00. The average Bonchev–Trinajstić information content (AvgIpc) is 3.16. The van der Waals surface area contributed by atoms with Crippen molar-refractivity contribution in [1.29, 1.82) is 0 Å². The van der Waals surface area contributed by atoms with Crippen molar-refractivity contribution in [2.24, 2.45) is 0 Å². The minimum Gasteiger partial charge on any atom is -0.345 e. The van der Waals surface area contributed by atoms with E-state index in [2.05, 4.69) is 25.6 Å². The SMILES string of the molecule is Cc1c(C(=O)NCc2ncn[nH]2)cnn1[C@H]1CCS(=O)(=O)C1. The first-order valence-electron chi connectivity index (χ1n) is 6.83. The van der Waals surface area contributed by atoms with Gasteiger partial charge in [0.25, 0.3) is 5.91 Å². The van der Waals surface area contributed by atoms with Crippen LogP contribution in [0.5, 0.6) is 0 Å². The van der Waals surface area contributed by atoms with Gasteiger partial charge in [-0.15, -0.1) is 0 Å². The summed E-state index contributed by atoms with van der Waals surface area (Å²) in [5.74, 6) is 0.528. The molecule has 10 heteroatoms. The zero-order chi connectivity index (χ0) is 15.7. The minimum atomic E-state index is -2.99. The highest BCUT2D eigenvalue weighted by molar-refractivity contribution is 7.91. The summed E-state index contributed by atoms with van der Waals surface area (Å²) in [7, 11) is -2.99. The number of amides is 1. The number of sulfone groups is 1. The lowest BCUT2D eigenvalue weighted by molar-refractivity contribution is 0.0949. The maximum Gasteiger partial charge on any atom is 0.255 e. The third-order valence-electron chi connectivity index (χ3n) is 3.72. The molecule has 1 fully saturated rings. The quantitative estimate of drug-likeness (QED) is 0.789. The van der Waals surface area contributed by atoms with Gasteiger partial charge in [-0.3, -0.25) is 14.6 Å². The van der Waals surface area contributed by atoms with Gasteiger partial charge in [0.05, 0.1) is 35.9 Å². The Morgan fingerprint density at radius 3 is 3.00 bits per heavy atom. The average molecular weight is 324 g/mol. The predicted molar refractivity (Wildman–Crippen MR) is 76.8 cm³/mol. The molecule has 0 saturated carbocycles. The first kappa shape index (κ1) is 14.7. The summed E-state index contributed by atoms with van der Waals surface area (Å²) >= 11 is 0. The van der Waals surface area contributed by atoms with Crippen LogP contribution in [0.3, 0.4) is 0 Å². The Bertz CT molecular complexity index is 780. The largest absolute Gasteiger partial charge is 0.345 e. The van der Waals surface area contributed by atoms with Crippen molar-refractivity contribution in [3.8, 4) is 0 Å². The molecule has 118 valence electrons. The number of H-pyrrole nitrogens is 1. The molecule has 3 rings (SSSR count). The highest BCUT2D eigenvalue weighted by Gasteiger charge is 2.31. The third-order valence-corrected chi connectivity index (χ3v) is 5.48. The summed E-state index contributed by atoms with van der Waals surface area (Å²) in [4.78, 5) is 16.1. The number of nitrogens with one attached hydrogen (secondary N) is 2. The van der Waals surface area contributed by atoms with E-state index in [1.165, 1.54) is 12.5 Å². The number of nitrogens with zero attached hydrogens (tertiary/aromatic N) is 4. The fourth-order valence-corrected chi connectivity index (χ4v) is 4.25. The summed E-state index contributed by atoms with van der Waals surface area (Å²) < 4.78 is 24.8. The van der Waals surface area contributed by atoms with Crippen LogP contribution in [0.1, 0.15) is 34.3 Å². The van der Waals surface area contributed by atoms with Gasteiger partial charge in [0.1, 0.15) is 12.2 Å². The number of aromatic nitrogens is 5. The molecule has 3 heterocycles. The lowest BCUT2D eigenvalue weighted by Gasteiger charge is -2.11. The van der Waals surface area contributed by atoms with Crippen molar-refractivity contribution in [2.75, 3.05) is 11.5 Å². The van der Waals surface area contributed by atoms with Crippen LogP contribution in [-0.2, 0) is 16.4 Å². The standard InChI is InChI=1S/C12H16N6O3S/c1-8-10(12(19)13-5-11-14-7-15-17-11)4-16-18(8)9-2-3-22(20,21)6-9/h4,7,9H,2-3,5-6H2,1H3,(H,13,19)(H,14,15,17)/t9-/m0/s1. The molecule has 1 atom stereocenters. The normalized spacial score (nSPS) is 20.1. The smallest absolute Gasteiger partial charge is 0.255 e. The number of hydrogen-bond acceptors (Lipinski definition) is 6. The lowest BCUT2D eigenvalue weighted by atomic mass is 10.2. The van der Waals surface area contributed by atoms with E-state index in [0.717, 1.165) is 0 Å². The molecule has 0 aliphatic carbocycles. The van der Waals surface area contributed by atoms with Crippen LogP contribution in [0.15, 0.2) is 12.5 Å². The van der Waals surface area contributed by atoms with Crippen LogP contribution in [0.2, 0.25) is 0 Å². The number of aromatic amines is 1. The van der Waals surface area contributed by atoms with Crippen LogP contribution >= 0.6 is 0 Å². The van der Waals surface area contributed by atoms with Crippen molar-refractivity contribution in [1.82, 2.24) is 30.3 Å². The van der Waals surface area contributed by atoms with E-state index in [9.17, 15) is 13.2 Å². The summed E-state index contributed by atoms with van der Waals surface area (Å²) in [5, 5.41) is 13.3. The molecule has 1 aliphatic rings. The second-order valence-corrected chi connectivity index (χ2v) is 7.49. The van der Waals surface area contributed by atoms with Crippen molar-refractivity contribution in [2.45, 2.75) is 25.9 Å². The van der Waals surface area contributed by atoms with E-state index in [1.807, 2.05) is 0 Å². The van der Waals surface area contributed by atoms with Gasteiger partial charge < -0.3 is 5.32 Å². The van der Waals surface area contributed by atoms with Crippen molar-refractivity contribution >= 4 is 15.7 Å². The molecule has 2 N–H and O–H groups in total. The van der Waals surface area contributed by atoms with Crippen molar-refractivity contribution in [3.63, 3.8) is 0 Å². The van der Waals surface area contributed by atoms with Gasteiger partial charge in [-0.1, -0.05) is 0 Å². The van der Waals surface area contributed by atoms with E-state index in [0.29, 0.717) is 23.5 Å². The molecule has 22 heavy (non-hydrogen) atoms. The Balaban J connectivity index is 1.71. The van der Waals surface area contributed by atoms with E-state index in [4.69, 9.17) is 0 Å². The van der Waals surface area contributed by atoms with Crippen LogP contribution in [0.4, 0.5) is 0 Å². The molecule has 9 nitrogen and oxygen atoms in total. The van der Waals surface area contributed by atoms with Crippen molar-refractivity contribution in [3.05, 3.63) is 29.6 Å². The van der Waals surface area contributed by atoms with E-state index in [1.54, 1.807) is 11.6 Å². The van der Waals surface area contributed by atoms with E-state index >= 15 is 0 Å². The molecule has 0 radical (unpaired) electrons. The minimum absolute atomic E-state index is 0.0780. The molecule has 1 amide bonds. The predicted octanol–water partition coefficient (Wildman–Crippen LogP) is -0.401. The topological polar surface area (TPSA) is 123 Å². The Morgan fingerprint density at radius 2 is 2.36 bits per heavy atom. The Labute approximate surface area is 127 Å². The van der Waals surface area contributed by atoms with Gasteiger partial charge >= 0.3 is 0 Å². The van der Waals surface area contributed by atoms with Gasteiger partial charge in [0.15, 0.2) is 9.84 Å². The van der Waals surface area contributed by atoms with Gasteiger partial charge in [-0.2, -0.15) is 10.2 Å². The first-order chi connectivity index (χ1) is 10.5. The van der Waals surface area contributed by atoms with E-state index in [-0.39, 0.29) is 30.0 Å². The summed E-state index contributed by atoms with van der Waals surface area (Å²) in [6, 6.07) is -0.194. The van der Waals surface area contributed by atoms with Gasteiger partial charge in [-0.25, -0.2) is 13.4 Å². The number of rotatable bonds is 4. The third kappa shape index (κ3) is 2.86. The highest BCUT2D eigenvalue weighted by Crippen LogP contribution is 2.25. The van der Waals surface area contributed by atoms with Gasteiger partial charge in [0.2, 0.25) is 0 Å². The molecule has 0 spiro atoms. The maximum atomic E-state index is 12.2. The Kier molecular flexibility index (Phi) is 3.69.